The number of sulfonamides is 1. The third-order valence-corrected chi connectivity index (χ3v) is 5.30. The molecule has 0 radical (unpaired) electrons. The Labute approximate surface area is 111 Å². The fourth-order valence-corrected chi connectivity index (χ4v) is 3.96. The van der Waals surface area contributed by atoms with Gasteiger partial charge in [0.2, 0.25) is 10.0 Å². The zero-order valence-corrected chi connectivity index (χ0v) is 11.2. The van der Waals surface area contributed by atoms with Crippen LogP contribution in [0.2, 0.25) is 0 Å². The minimum atomic E-state index is -3.76. The van der Waals surface area contributed by atoms with Gasteiger partial charge in [-0.05, 0) is 37.0 Å². The van der Waals surface area contributed by atoms with E-state index in [4.69, 9.17) is 10.8 Å². The number of hydrogen-bond acceptors (Lipinski definition) is 4. The second-order valence-corrected chi connectivity index (χ2v) is 6.62. The smallest absolute Gasteiger partial charge is 0.245 e. The van der Waals surface area contributed by atoms with Crippen LogP contribution in [0.3, 0.4) is 0 Å². The van der Waals surface area contributed by atoms with Crippen LogP contribution in [-0.2, 0) is 10.0 Å². The molecule has 3 N–H and O–H groups in total. The van der Waals surface area contributed by atoms with E-state index in [2.05, 4.69) is 0 Å². The summed E-state index contributed by atoms with van der Waals surface area (Å²) in [6, 6.07) is 3.33. The van der Waals surface area contributed by atoms with Crippen LogP contribution in [0.25, 0.3) is 0 Å². The molecule has 1 unspecified atom stereocenters. The molecule has 1 aliphatic heterocycles. The normalized spacial score (nSPS) is 20.8. The highest BCUT2D eigenvalue weighted by atomic mass is 32.2. The maximum atomic E-state index is 13.2. The molecule has 7 heteroatoms. The summed E-state index contributed by atoms with van der Waals surface area (Å²) >= 11 is 0. The van der Waals surface area contributed by atoms with Crippen molar-refractivity contribution in [1.29, 1.82) is 0 Å². The van der Waals surface area contributed by atoms with Crippen molar-refractivity contribution in [2.45, 2.75) is 17.7 Å². The van der Waals surface area contributed by atoms with Gasteiger partial charge in [0, 0.05) is 19.7 Å². The summed E-state index contributed by atoms with van der Waals surface area (Å²) in [5.41, 5.74) is 5.67. The SMILES string of the molecule is Nc1ccc(F)cc1S(=O)(=O)N1CCC(CCO)C1. The van der Waals surface area contributed by atoms with Gasteiger partial charge in [0.1, 0.15) is 10.7 Å². The number of aliphatic hydroxyl groups excluding tert-OH is 1. The fraction of sp³-hybridized carbons (Fsp3) is 0.500. The first-order valence-electron chi connectivity index (χ1n) is 6.11. The molecule has 0 amide bonds. The molecule has 0 aliphatic carbocycles. The van der Waals surface area contributed by atoms with Gasteiger partial charge in [-0.2, -0.15) is 4.31 Å². The fourth-order valence-electron chi connectivity index (χ4n) is 2.30. The van der Waals surface area contributed by atoms with Gasteiger partial charge in [0.05, 0.1) is 5.69 Å². The zero-order chi connectivity index (χ0) is 14.0. The summed E-state index contributed by atoms with van der Waals surface area (Å²) in [7, 11) is -3.76. The summed E-state index contributed by atoms with van der Waals surface area (Å²) < 4.78 is 39.2. The van der Waals surface area contributed by atoms with Crippen molar-refractivity contribution in [3.8, 4) is 0 Å². The van der Waals surface area contributed by atoms with E-state index in [1.807, 2.05) is 0 Å². The van der Waals surface area contributed by atoms with Gasteiger partial charge in [0.25, 0.3) is 0 Å². The van der Waals surface area contributed by atoms with Crippen molar-refractivity contribution in [3.63, 3.8) is 0 Å². The molecule has 0 aromatic heterocycles. The third kappa shape index (κ3) is 2.88. The van der Waals surface area contributed by atoms with Crippen molar-refractivity contribution in [2.75, 3.05) is 25.4 Å². The Hall–Kier alpha value is -1.18. The quantitative estimate of drug-likeness (QED) is 0.803. The highest BCUT2D eigenvalue weighted by molar-refractivity contribution is 7.89. The molecule has 0 saturated carbocycles. The lowest BCUT2D eigenvalue weighted by Crippen LogP contribution is -2.29. The molecule has 1 atom stereocenters. The molecule has 1 aromatic carbocycles. The number of aliphatic hydroxyl groups is 1. The maximum Gasteiger partial charge on any atom is 0.245 e. The molecular weight excluding hydrogens is 271 g/mol. The van der Waals surface area contributed by atoms with Crippen LogP contribution in [0.5, 0.6) is 0 Å². The average molecular weight is 288 g/mol. The molecular formula is C12H17FN2O3S. The highest BCUT2D eigenvalue weighted by Crippen LogP contribution is 2.29. The Morgan fingerprint density at radius 3 is 2.89 bits per heavy atom. The van der Waals surface area contributed by atoms with E-state index in [1.54, 1.807) is 0 Å². The van der Waals surface area contributed by atoms with Gasteiger partial charge < -0.3 is 10.8 Å². The number of anilines is 1. The Bertz CT molecular complexity index is 562. The lowest BCUT2D eigenvalue weighted by Gasteiger charge is -2.17. The van der Waals surface area contributed by atoms with E-state index < -0.39 is 15.8 Å². The van der Waals surface area contributed by atoms with Crippen molar-refractivity contribution < 1.29 is 17.9 Å². The summed E-state index contributed by atoms with van der Waals surface area (Å²) in [6.45, 7) is 0.766. The molecule has 1 aliphatic rings. The van der Waals surface area contributed by atoms with Gasteiger partial charge >= 0.3 is 0 Å². The molecule has 1 heterocycles. The van der Waals surface area contributed by atoms with Crippen molar-refractivity contribution in [1.82, 2.24) is 4.31 Å². The predicted octanol–water partition coefficient (Wildman–Crippen LogP) is 0.801. The van der Waals surface area contributed by atoms with Crippen LogP contribution in [0.15, 0.2) is 23.1 Å². The average Bonchev–Trinajstić information content (AvgIpc) is 2.82. The van der Waals surface area contributed by atoms with Gasteiger partial charge in [-0.15, -0.1) is 0 Å². The lowest BCUT2D eigenvalue weighted by atomic mass is 10.1. The zero-order valence-electron chi connectivity index (χ0n) is 10.4. The second-order valence-electron chi connectivity index (χ2n) is 4.71. The Morgan fingerprint density at radius 1 is 1.47 bits per heavy atom. The van der Waals surface area contributed by atoms with E-state index in [9.17, 15) is 12.8 Å². The van der Waals surface area contributed by atoms with E-state index in [0.29, 0.717) is 25.9 Å². The molecule has 2 rings (SSSR count). The number of nitrogen functional groups attached to an aromatic ring is 1. The van der Waals surface area contributed by atoms with Crippen molar-refractivity contribution in [2.24, 2.45) is 5.92 Å². The standard InChI is InChI=1S/C12H17FN2O3S/c13-10-1-2-11(14)12(7-10)19(17,18)15-5-3-9(8-15)4-6-16/h1-2,7,9,16H,3-6,8,14H2. The van der Waals surface area contributed by atoms with Crippen LogP contribution >= 0.6 is 0 Å². The van der Waals surface area contributed by atoms with Crippen LogP contribution < -0.4 is 5.73 Å². The number of nitrogens with zero attached hydrogens (tertiary/aromatic N) is 1. The number of nitrogens with two attached hydrogens (primary N) is 1. The van der Waals surface area contributed by atoms with Crippen LogP contribution in [0.1, 0.15) is 12.8 Å². The van der Waals surface area contributed by atoms with Crippen molar-refractivity contribution in [3.05, 3.63) is 24.0 Å². The van der Waals surface area contributed by atoms with Crippen LogP contribution in [0.4, 0.5) is 10.1 Å². The Kier molecular flexibility index (Phi) is 4.07. The number of hydrogen-bond donors (Lipinski definition) is 2. The van der Waals surface area contributed by atoms with E-state index in [-0.39, 0.29) is 23.1 Å². The number of rotatable bonds is 4. The second kappa shape index (κ2) is 5.44. The Balaban J connectivity index is 2.26. The first kappa shape index (κ1) is 14.2. The van der Waals surface area contributed by atoms with Crippen molar-refractivity contribution >= 4 is 15.7 Å². The molecule has 1 saturated heterocycles. The van der Waals surface area contributed by atoms with Gasteiger partial charge in [0.15, 0.2) is 0 Å². The molecule has 1 fully saturated rings. The van der Waals surface area contributed by atoms with Gasteiger partial charge in [-0.3, -0.25) is 0 Å². The topological polar surface area (TPSA) is 83.6 Å². The van der Waals surface area contributed by atoms with Gasteiger partial charge in [-0.1, -0.05) is 0 Å². The third-order valence-electron chi connectivity index (χ3n) is 3.38. The van der Waals surface area contributed by atoms with Gasteiger partial charge in [-0.25, -0.2) is 12.8 Å². The molecule has 1 aromatic rings. The largest absolute Gasteiger partial charge is 0.398 e. The summed E-state index contributed by atoms with van der Waals surface area (Å²) in [5, 5.41) is 8.88. The predicted molar refractivity (Wildman–Crippen MR) is 69.4 cm³/mol. The molecule has 0 bridgehead atoms. The minimum Gasteiger partial charge on any atom is -0.398 e. The molecule has 0 spiro atoms. The molecule has 19 heavy (non-hydrogen) atoms. The van der Waals surface area contributed by atoms with E-state index in [1.165, 1.54) is 10.4 Å². The Morgan fingerprint density at radius 2 is 2.21 bits per heavy atom. The summed E-state index contributed by atoms with van der Waals surface area (Å²) in [4.78, 5) is -0.183. The van der Waals surface area contributed by atoms with E-state index in [0.717, 1.165) is 12.1 Å². The van der Waals surface area contributed by atoms with Crippen LogP contribution in [-0.4, -0.2) is 37.5 Å². The van der Waals surface area contributed by atoms with Crippen LogP contribution in [0, 0.1) is 11.7 Å². The lowest BCUT2D eigenvalue weighted by molar-refractivity contribution is 0.259. The summed E-state index contributed by atoms with van der Waals surface area (Å²) in [6.07, 6.45) is 1.28. The number of halogens is 1. The first-order valence-corrected chi connectivity index (χ1v) is 7.55. The maximum absolute atomic E-state index is 13.2. The molecule has 5 nitrogen and oxygen atoms in total. The summed E-state index contributed by atoms with van der Waals surface area (Å²) in [5.74, 6) is -0.478. The first-order chi connectivity index (χ1) is 8.95. The molecule has 106 valence electrons. The highest BCUT2D eigenvalue weighted by Gasteiger charge is 2.33. The monoisotopic (exact) mass is 288 g/mol. The number of benzene rings is 1. The minimum absolute atomic E-state index is 0.0423. The van der Waals surface area contributed by atoms with E-state index >= 15 is 0 Å².